The second kappa shape index (κ2) is 7.94. The fourth-order valence-corrected chi connectivity index (χ4v) is 2.16. The van der Waals surface area contributed by atoms with E-state index < -0.39 is 0 Å². The van der Waals surface area contributed by atoms with Crippen molar-refractivity contribution in [1.82, 2.24) is 20.0 Å². The van der Waals surface area contributed by atoms with E-state index >= 15 is 0 Å². The van der Waals surface area contributed by atoms with Crippen LogP contribution in [0.25, 0.3) is 0 Å². The van der Waals surface area contributed by atoms with Gasteiger partial charge in [-0.1, -0.05) is 23.2 Å². The van der Waals surface area contributed by atoms with Gasteiger partial charge in [0.15, 0.2) is 5.82 Å². The Morgan fingerprint density at radius 1 is 1.23 bits per heavy atom. The van der Waals surface area contributed by atoms with Crippen LogP contribution in [0.4, 0.5) is 10.5 Å². The zero-order valence-corrected chi connectivity index (χ0v) is 14.4. The summed E-state index contributed by atoms with van der Waals surface area (Å²) in [6.45, 7) is 1.95. The van der Waals surface area contributed by atoms with Gasteiger partial charge in [-0.25, -0.2) is 9.78 Å². The van der Waals surface area contributed by atoms with E-state index in [0.29, 0.717) is 23.1 Å². The lowest BCUT2D eigenvalue weighted by Gasteiger charge is -2.16. The average Bonchev–Trinajstić information content (AvgIpc) is 3.06. The van der Waals surface area contributed by atoms with Gasteiger partial charge in [-0.3, -0.25) is 0 Å². The van der Waals surface area contributed by atoms with E-state index in [1.54, 1.807) is 32.3 Å². The van der Waals surface area contributed by atoms with Crippen molar-refractivity contribution in [3.05, 3.63) is 71.6 Å². The zero-order chi connectivity index (χ0) is 18.4. The minimum atomic E-state index is -0.276. The third kappa shape index (κ3) is 4.68. The number of anilines is 1. The number of aromatic nitrogens is 3. The Morgan fingerprint density at radius 3 is 2.85 bits per heavy atom. The lowest BCUT2D eigenvalue weighted by Crippen LogP contribution is -2.31. The number of aryl methyl sites for hydroxylation is 1. The van der Waals surface area contributed by atoms with Gasteiger partial charge < -0.3 is 14.7 Å². The molecule has 2 amide bonds. The van der Waals surface area contributed by atoms with Crippen LogP contribution < -0.4 is 5.32 Å². The molecule has 0 spiro atoms. The Balaban J connectivity index is 1.64. The molecular weight excluding hydrogens is 330 g/mol. The fourth-order valence-electron chi connectivity index (χ4n) is 2.16. The Hall–Kier alpha value is -3.66. The van der Waals surface area contributed by atoms with Crippen LogP contribution >= 0.6 is 0 Å². The summed E-state index contributed by atoms with van der Waals surface area (Å²) < 4.78 is 4.90. The molecule has 3 aromatic rings. The standard InChI is InChI=1S/C19H17N5O2/c1-14-21-18(23-26-14)13-24(2)19(25)22-17-8-5-6-15(12-17)9-10-16-7-3-4-11-20-16/h3-8,11-12H,13H2,1-2H3,(H,22,25). The molecule has 1 aromatic carbocycles. The predicted molar refractivity (Wildman–Crippen MR) is 96.2 cm³/mol. The Bertz CT molecular complexity index is 957. The fraction of sp³-hybridized carbons (Fsp3) is 0.158. The van der Waals surface area contributed by atoms with Crippen molar-refractivity contribution in [3.8, 4) is 11.8 Å². The number of rotatable bonds is 3. The summed E-state index contributed by atoms with van der Waals surface area (Å²) in [5.41, 5.74) is 2.13. The summed E-state index contributed by atoms with van der Waals surface area (Å²) in [5.74, 6) is 6.94. The second-order valence-corrected chi connectivity index (χ2v) is 5.56. The summed E-state index contributed by atoms with van der Waals surface area (Å²) >= 11 is 0. The molecule has 26 heavy (non-hydrogen) atoms. The third-order valence-electron chi connectivity index (χ3n) is 3.41. The second-order valence-electron chi connectivity index (χ2n) is 5.56. The number of nitrogens with zero attached hydrogens (tertiary/aromatic N) is 4. The van der Waals surface area contributed by atoms with Crippen molar-refractivity contribution in [1.29, 1.82) is 0 Å². The van der Waals surface area contributed by atoms with E-state index in [1.807, 2.05) is 30.3 Å². The lowest BCUT2D eigenvalue weighted by molar-refractivity contribution is 0.219. The molecule has 0 atom stereocenters. The maximum absolute atomic E-state index is 12.3. The summed E-state index contributed by atoms with van der Waals surface area (Å²) in [7, 11) is 1.66. The molecule has 0 radical (unpaired) electrons. The van der Waals surface area contributed by atoms with Gasteiger partial charge >= 0.3 is 6.03 Å². The molecule has 0 saturated heterocycles. The number of benzene rings is 1. The van der Waals surface area contributed by atoms with Crippen LogP contribution in [-0.2, 0) is 6.54 Å². The van der Waals surface area contributed by atoms with E-state index in [2.05, 4.69) is 32.3 Å². The third-order valence-corrected chi connectivity index (χ3v) is 3.41. The molecule has 0 bridgehead atoms. The molecule has 0 aliphatic heterocycles. The molecule has 2 heterocycles. The SMILES string of the molecule is Cc1nc(CN(C)C(=O)Nc2cccc(C#Cc3ccccn3)c2)no1. The van der Waals surface area contributed by atoms with Crippen LogP contribution in [0, 0.1) is 18.8 Å². The first kappa shape index (κ1) is 17.2. The largest absolute Gasteiger partial charge is 0.340 e. The van der Waals surface area contributed by atoms with Crippen molar-refractivity contribution in [2.24, 2.45) is 0 Å². The van der Waals surface area contributed by atoms with E-state index in [9.17, 15) is 4.79 Å². The Morgan fingerprint density at radius 2 is 2.12 bits per heavy atom. The molecule has 7 heteroatoms. The summed E-state index contributed by atoms with van der Waals surface area (Å²) in [6, 6.07) is 12.6. The molecule has 0 aliphatic carbocycles. The summed E-state index contributed by atoms with van der Waals surface area (Å²) in [4.78, 5) is 22.0. The molecule has 2 aromatic heterocycles. The maximum Gasteiger partial charge on any atom is 0.321 e. The van der Waals surface area contributed by atoms with Gasteiger partial charge in [0.1, 0.15) is 5.69 Å². The molecule has 130 valence electrons. The van der Waals surface area contributed by atoms with Gasteiger partial charge in [-0.15, -0.1) is 0 Å². The van der Waals surface area contributed by atoms with Crippen LogP contribution in [0.5, 0.6) is 0 Å². The van der Waals surface area contributed by atoms with Gasteiger partial charge in [0, 0.05) is 31.4 Å². The van der Waals surface area contributed by atoms with Gasteiger partial charge in [-0.2, -0.15) is 4.98 Å². The minimum absolute atomic E-state index is 0.252. The molecule has 0 unspecified atom stereocenters. The van der Waals surface area contributed by atoms with Crippen molar-refractivity contribution in [3.63, 3.8) is 0 Å². The van der Waals surface area contributed by atoms with Crippen molar-refractivity contribution in [2.45, 2.75) is 13.5 Å². The molecule has 7 nitrogen and oxygen atoms in total. The van der Waals surface area contributed by atoms with E-state index in [4.69, 9.17) is 4.52 Å². The quantitative estimate of drug-likeness (QED) is 0.737. The van der Waals surface area contributed by atoms with Gasteiger partial charge in [0.05, 0.1) is 6.54 Å². The van der Waals surface area contributed by atoms with Crippen LogP contribution in [0.1, 0.15) is 23.0 Å². The molecule has 0 aliphatic rings. The number of nitrogens with one attached hydrogen (secondary N) is 1. The molecule has 0 saturated carbocycles. The predicted octanol–water partition coefficient (Wildman–Crippen LogP) is 2.84. The highest BCUT2D eigenvalue weighted by Crippen LogP contribution is 2.11. The number of hydrogen-bond donors (Lipinski definition) is 1. The highest BCUT2D eigenvalue weighted by molar-refractivity contribution is 5.89. The van der Waals surface area contributed by atoms with Crippen LogP contribution in [-0.4, -0.2) is 33.1 Å². The van der Waals surface area contributed by atoms with Crippen molar-refractivity contribution >= 4 is 11.7 Å². The normalized spacial score (nSPS) is 9.92. The number of urea groups is 1. The van der Waals surface area contributed by atoms with Crippen LogP contribution in [0.3, 0.4) is 0 Å². The monoisotopic (exact) mass is 347 g/mol. The number of amides is 2. The van der Waals surface area contributed by atoms with Gasteiger partial charge in [0.25, 0.3) is 0 Å². The molecule has 0 fully saturated rings. The highest BCUT2D eigenvalue weighted by Gasteiger charge is 2.12. The average molecular weight is 347 g/mol. The van der Waals surface area contributed by atoms with E-state index in [0.717, 1.165) is 5.56 Å². The van der Waals surface area contributed by atoms with Crippen LogP contribution in [0.2, 0.25) is 0 Å². The Kier molecular flexibility index (Phi) is 5.25. The summed E-state index contributed by atoms with van der Waals surface area (Å²) in [6.07, 6.45) is 1.70. The van der Waals surface area contributed by atoms with Gasteiger partial charge in [-0.05, 0) is 36.3 Å². The lowest BCUT2D eigenvalue weighted by atomic mass is 10.2. The smallest absolute Gasteiger partial charge is 0.321 e. The van der Waals surface area contributed by atoms with Crippen molar-refractivity contribution in [2.75, 3.05) is 12.4 Å². The zero-order valence-electron chi connectivity index (χ0n) is 14.4. The number of carbonyl (C=O) groups excluding carboxylic acids is 1. The first-order valence-electron chi connectivity index (χ1n) is 7.94. The summed E-state index contributed by atoms with van der Waals surface area (Å²) in [5, 5.41) is 6.61. The topological polar surface area (TPSA) is 84.2 Å². The molecular formula is C19H17N5O2. The first-order chi connectivity index (χ1) is 12.6. The number of pyridine rings is 1. The van der Waals surface area contributed by atoms with Crippen LogP contribution in [0.15, 0.2) is 53.2 Å². The minimum Gasteiger partial charge on any atom is -0.340 e. The number of carbonyl (C=O) groups is 1. The first-order valence-corrected chi connectivity index (χ1v) is 7.94. The molecule has 3 rings (SSSR count). The van der Waals surface area contributed by atoms with E-state index in [1.165, 1.54) is 4.90 Å². The maximum atomic E-state index is 12.3. The van der Waals surface area contributed by atoms with E-state index in [-0.39, 0.29) is 12.6 Å². The highest BCUT2D eigenvalue weighted by atomic mass is 16.5. The van der Waals surface area contributed by atoms with Crippen molar-refractivity contribution < 1.29 is 9.32 Å². The number of hydrogen-bond acceptors (Lipinski definition) is 5. The Labute approximate surface area is 151 Å². The molecule has 1 N–H and O–H groups in total. The van der Waals surface area contributed by atoms with Gasteiger partial charge in [0.2, 0.25) is 5.89 Å².